The van der Waals surface area contributed by atoms with Gasteiger partial charge in [-0.3, -0.25) is 0 Å². The lowest BCUT2D eigenvalue weighted by molar-refractivity contribution is 0.347. The fourth-order valence-corrected chi connectivity index (χ4v) is 3.51. The molecule has 0 unspecified atom stereocenters. The summed E-state index contributed by atoms with van der Waals surface area (Å²) < 4.78 is 23.9. The maximum atomic E-state index is 11.9. The fraction of sp³-hybridized carbons (Fsp3) is 0.500. The molecule has 0 saturated heterocycles. The predicted molar refractivity (Wildman–Crippen MR) is 60.6 cm³/mol. The van der Waals surface area contributed by atoms with Crippen LogP contribution in [0.25, 0.3) is 0 Å². The van der Waals surface area contributed by atoms with Gasteiger partial charge in [0, 0.05) is 0 Å². The molecular formula is C12H16O2S. The zero-order valence-corrected chi connectivity index (χ0v) is 9.76. The highest BCUT2D eigenvalue weighted by molar-refractivity contribution is 7.91. The highest BCUT2D eigenvalue weighted by Gasteiger charge is 2.25. The number of aryl methyl sites for hydroxylation is 1. The number of benzene rings is 1. The molecule has 1 aliphatic carbocycles. The molecule has 0 atom stereocenters. The summed E-state index contributed by atoms with van der Waals surface area (Å²) in [5.74, 6) is 0.729. The van der Waals surface area contributed by atoms with Gasteiger partial charge in [-0.25, -0.2) is 8.42 Å². The molecule has 0 N–H and O–H groups in total. The first-order valence-corrected chi connectivity index (χ1v) is 7.02. The highest BCUT2D eigenvalue weighted by atomic mass is 32.2. The summed E-state index contributed by atoms with van der Waals surface area (Å²) in [6.07, 6.45) is 3.34. The van der Waals surface area contributed by atoms with Gasteiger partial charge in [0.15, 0.2) is 9.84 Å². The van der Waals surface area contributed by atoms with Crippen LogP contribution in [0.3, 0.4) is 0 Å². The van der Waals surface area contributed by atoms with Crippen LogP contribution in [0.15, 0.2) is 29.2 Å². The molecular weight excluding hydrogens is 208 g/mol. The topological polar surface area (TPSA) is 34.1 Å². The minimum absolute atomic E-state index is 0.329. The van der Waals surface area contributed by atoms with Gasteiger partial charge in [-0.05, 0) is 37.8 Å². The molecule has 0 aliphatic heterocycles. The SMILES string of the molecule is Cc1ccc(S(=O)(=O)CC2CCC2)cc1. The lowest BCUT2D eigenvalue weighted by Gasteiger charge is -2.24. The molecule has 2 nitrogen and oxygen atoms in total. The maximum absolute atomic E-state index is 11.9. The second-order valence-electron chi connectivity index (χ2n) is 4.39. The summed E-state index contributed by atoms with van der Waals surface area (Å²) in [6, 6.07) is 7.13. The zero-order valence-electron chi connectivity index (χ0n) is 8.94. The number of rotatable bonds is 3. The Morgan fingerprint density at radius 1 is 1.20 bits per heavy atom. The second-order valence-corrected chi connectivity index (χ2v) is 6.43. The van der Waals surface area contributed by atoms with Gasteiger partial charge in [0.2, 0.25) is 0 Å². The van der Waals surface area contributed by atoms with Crippen molar-refractivity contribution in [1.82, 2.24) is 0 Å². The van der Waals surface area contributed by atoms with E-state index in [-0.39, 0.29) is 0 Å². The summed E-state index contributed by atoms with van der Waals surface area (Å²) in [7, 11) is -3.04. The minimum atomic E-state index is -3.04. The largest absolute Gasteiger partial charge is 0.224 e. The average molecular weight is 224 g/mol. The van der Waals surface area contributed by atoms with Crippen molar-refractivity contribution in [1.29, 1.82) is 0 Å². The van der Waals surface area contributed by atoms with Gasteiger partial charge in [0.25, 0.3) is 0 Å². The molecule has 15 heavy (non-hydrogen) atoms. The smallest absolute Gasteiger partial charge is 0.178 e. The van der Waals surface area contributed by atoms with Crippen molar-refractivity contribution >= 4 is 9.84 Å². The van der Waals surface area contributed by atoms with Crippen molar-refractivity contribution in [2.45, 2.75) is 31.1 Å². The van der Waals surface area contributed by atoms with Gasteiger partial charge in [-0.15, -0.1) is 0 Å². The Bertz CT molecular complexity index is 427. The van der Waals surface area contributed by atoms with Crippen LogP contribution >= 0.6 is 0 Å². The van der Waals surface area contributed by atoms with E-state index in [1.54, 1.807) is 12.1 Å². The van der Waals surface area contributed by atoms with Crippen molar-refractivity contribution in [3.8, 4) is 0 Å². The lowest BCUT2D eigenvalue weighted by atomic mass is 9.87. The van der Waals surface area contributed by atoms with E-state index < -0.39 is 9.84 Å². The van der Waals surface area contributed by atoms with Crippen LogP contribution in [0, 0.1) is 12.8 Å². The van der Waals surface area contributed by atoms with Crippen molar-refractivity contribution in [2.24, 2.45) is 5.92 Å². The normalized spacial score (nSPS) is 17.4. The summed E-state index contributed by atoms with van der Waals surface area (Å²) in [6.45, 7) is 1.96. The first-order valence-electron chi connectivity index (χ1n) is 5.37. The van der Waals surface area contributed by atoms with E-state index >= 15 is 0 Å². The van der Waals surface area contributed by atoms with Crippen LogP contribution in [-0.4, -0.2) is 14.2 Å². The Kier molecular flexibility index (Phi) is 2.83. The standard InChI is InChI=1S/C12H16O2S/c1-10-5-7-12(8-6-10)15(13,14)9-11-3-2-4-11/h5-8,11H,2-4,9H2,1H3. The first kappa shape index (κ1) is 10.7. The van der Waals surface area contributed by atoms with Crippen molar-refractivity contribution < 1.29 is 8.42 Å². The molecule has 0 spiro atoms. The average Bonchev–Trinajstić information content (AvgIpc) is 2.13. The van der Waals surface area contributed by atoms with E-state index in [4.69, 9.17) is 0 Å². The van der Waals surface area contributed by atoms with Gasteiger partial charge >= 0.3 is 0 Å². The predicted octanol–water partition coefficient (Wildman–Crippen LogP) is 2.57. The monoisotopic (exact) mass is 224 g/mol. The van der Waals surface area contributed by atoms with Gasteiger partial charge in [0.05, 0.1) is 10.6 Å². The van der Waals surface area contributed by atoms with Crippen LogP contribution < -0.4 is 0 Å². The molecule has 0 aromatic heterocycles. The first-order chi connectivity index (χ1) is 7.08. The van der Waals surface area contributed by atoms with E-state index in [1.165, 1.54) is 6.42 Å². The Morgan fingerprint density at radius 3 is 2.27 bits per heavy atom. The van der Waals surface area contributed by atoms with E-state index in [0.717, 1.165) is 18.4 Å². The van der Waals surface area contributed by atoms with Crippen molar-refractivity contribution in [3.05, 3.63) is 29.8 Å². The molecule has 1 aromatic rings. The molecule has 3 heteroatoms. The third kappa shape index (κ3) is 2.40. The fourth-order valence-electron chi connectivity index (χ4n) is 1.81. The van der Waals surface area contributed by atoms with E-state index in [0.29, 0.717) is 16.6 Å². The minimum Gasteiger partial charge on any atom is -0.224 e. The Hall–Kier alpha value is -0.830. The van der Waals surface area contributed by atoms with Crippen LogP contribution in [0.5, 0.6) is 0 Å². The molecule has 2 rings (SSSR count). The molecule has 1 aromatic carbocycles. The maximum Gasteiger partial charge on any atom is 0.178 e. The summed E-state index contributed by atoms with van der Waals surface area (Å²) in [5, 5.41) is 0. The third-order valence-corrected chi connectivity index (χ3v) is 4.96. The van der Waals surface area contributed by atoms with Crippen LogP contribution in [-0.2, 0) is 9.84 Å². The zero-order chi connectivity index (χ0) is 10.9. The van der Waals surface area contributed by atoms with Crippen LogP contribution in [0.2, 0.25) is 0 Å². The quantitative estimate of drug-likeness (QED) is 0.790. The van der Waals surface area contributed by atoms with E-state index in [2.05, 4.69) is 0 Å². The Labute approximate surface area is 91.2 Å². The summed E-state index contributed by atoms with van der Waals surface area (Å²) in [5.41, 5.74) is 1.09. The molecule has 1 saturated carbocycles. The third-order valence-electron chi connectivity index (χ3n) is 3.06. The Morgan fingerprint density at radius 2 is 1.80 bits per heavy atom. The molecule has 1 fully saturated rings. The molecule has 0 radical (unpaired) electrons. The molecule has 82 valence electrons. The molecule has 0 bridgehead atoms. The Balaban J connectivity index is 2.17. The molecule has 0 heterocycles. The second kappa shape index (κ2) is 3.97. The van der Waals surface area contributed by atoms with Crippen LogP contribution in [0.1, 0.15) is 24.8 Å². The van der Waals surface area contributed by atoms with Gasteiger partial charge in [-0.2, -0.15) is 0 Å². The van der Waals surface area contributed by atoms with E-state index in [1.807, 2.05) is 19.1 Å². The van der Waals surface area contributed by atoms with E-state index in [9.17, 15) is 8.42 Å². The molecule has 1 aliphatic rings. The van der Waals surface area contributed by atoms with Gasteiger partial charge in [-0.1, -0.05) is 24.1 Å². The number of sulfone groups is 1. The van der Waals surface area contributed by atoms with Crippen LogP contribution in [0.4, 0.5) is 0 Å². The van der Waals surface area contributed by atoms with Gasteiger partial charge < -0.3 is 0 Å². The highest BCUT2D eigenvalue weighted by Crippen LogP contribution is 2.29. The number of hydrogen-bond acceptors (Lipinski definition) is 2. The van der Waals surface area contributed by atoms with Gasteiger partial charge in [0.1, 0.15) is 0 Å². The van der Waals surface area contributed by atoms with Crippen molar-refractivity contribution in [2.75, 3.05) is 5.75 Å². The summed E-state index contributed by atoms with van der Waals surface area (Å²) in [4.78, 5) is 0.472. The van der Waals surface area contributed by atoms with Crippen molar-refractivity contribution in [3.63, 3.8) is 0 Å². The summed E-state index contributed by atoms with van der Waals surface area (Å²) >= 11 is 0. The number of hydrogen-bond donors (Lipinski definition) is 0. The lowest BCUT2D eigenvalue weighted by Crippen LogP contribution is -2.22. The molecule has 0 amide bonds.